The van der Waals surface area contributed by atoms with E-state index in [0.717, 1.165) is 11.0 Å². The first-order chi connectivity index (χ1) is 9.63. The molecule has 102 valence electrons. The molecule has 5 nitrogen and oxygen atoms in total. The number of benzene rings is 1. The lowest BCUT2D eigenvalue weighted by Crippen LogP contribution is -2.06. The minimum atomic E-state index is -0.637. The lowest BCUT2D eigenvalue weighted by molar-refractivity contribution is 0.0468. The van der Waals surface area contributed by atoms with Crippen molar-refractivity contribution in [2.45, 2.75) is 6.61 Å². The number of imidazole rings is 1. The van der Waals surface area contributed by atoms with E-state index in [9.17, 15) is 9.18 Å². The van der Waals surface area contributed by atoms with E-state index in [1.807, 2.05) is 16.0 Å². The van der Waals surface area contributed by atoms with E-state index in [0.29, 0.717) is 5.69 Å². The molecule has 0 saturated carbocycles. The highest BCUT2D eigenvalue weighted by Gasteiger charge is 2.11. The summed E-state index contributed by atoms with van der Waals surface area (Å²) in [5, 5.41) is 1.91. The van der Waals surface area contributed by atoms with Crippen molar-refractivity contribution in [3.05, 3.63) is 53.0 Å². The molecule has 0 aliphatic carbocycles. The Morgan fingerprint density at radius 1 is 1.50 bits per heavy atom. The van der Waals surface area contributed by atoms with Gasteiger partial charge in [-0.2, -0.15) is 0 Å². The third kappa shape index (κ3) is 2.35. The van der Waals surface area contributed by atoms with Crippen LogP contribution in [0.5, 0.6) is 0 Å². The maximum atomic E-state index is 13.3. The summed E-state index contributed by atoms with van der Waals surface area (Å²) >= 11 is 1.49. The van der Waals surface area contributed by atoms with Gasteiger partial charge in [0.25, 0.3) is 0 Å². The molecule has 0 saturated heterocycles. The van der Waals surface area contributed by atoms with E-state index < -0.39 is 11.8 Å². The van der Waals surface area contributed by atoms with Gasteiger partial charge in [0.1, 0.15) is 12.4 Å². The Labute approximate surface area is 117 Å². The Morgan fingerprint density at radius 3 is 3.10 bits per heavy atom. The van der Waals surface area contributed by atoms with Gasteiger partial charge in [-0.25, -0.2) is 14.2 Å². The molecule has 0 aliphatic heterocycles. The van der Waals surface area contributed by atoms with Gasteiger partial charge in [0, 0.05) is 17.8 Å². The number of nitrogen functional groups attached to an aromatic ring is 1. The summed E-state index contributed by atoms with van der Waals surface area (Å²) in [7, 11) is 0. The van der Waals surface area contributed by atoms with Crippen molar-refractivity contribution in [3.8, 4) is 0 Å². The van der Waals surface area contributed by atoms with Gasteiger partial charge < -0.3 is 10.5 Å². The van der Waals surface area contributed by atoms with Gasteiger partial charge in [-0.15, -0.1) is 11.3 Å². The van der Waals surface area contributed by atoms with Crippen molar-refractivity contribution >= 4 is 28.0 Å². The van der Waals surface area contributed by atoms with Crippen LogP contribution in [-0.2, 0) is 11.3 Å². The molecule has 7 heteroatoms. The van der Waals surface area contributed by atoms with Crippen molar-refractivity contribution in [1.29, 1.82) is 0 Å². The van der Waals surface area contributed by atoms with Gasteiger partial charge in [0.05, 0.1) is 16.9 Å². The summed E-state index contributed by atoms with van der Waals surface area (Å²) in [5.74, 6) is -1.25. The third-order valence-electron chi connectivity index (χ3n) is 2.73. The largest absolute Gasteiger partial charge is 0.456 e. The van der Waals surface area contributed by atoms with Crippen molar-refractivity contribution in [1.82, 2.24) is 9.38 Å². The highest BCUT2D eigenvalue weighted by atomic mass is 32.1. The first-order valence-electron chi connectivity index (χ1n) is 5.77. The maximum absolute atomic E-state index is 13.3. The molecule has 0 unspecified atom stereocenters. The molecule has 0 atom stereocenters. The highest BCUT2D eigenvalue weighted by Crippen LogP contribution is 2.15. The summed E-state index contributed by atoms with van der Waals surface area (Å²) in [5.41, 5.74) is 6.11. The molecule has 0 aliphatic rings. The van der Waals surface area contributed by atoms with Crippen LogP contribution in [-0.4, -0.2) is 15.4 Å². The Bertz CT molecular complexity index is 752. The average molecular weight is 291 g/mol. The van der Waals surface area contributed by atoms with Gasteiger partial charge in [0.2, 0.25) is 0 Å². The van der Waals surface area contributed by atoms with Crippen LogP contribution in [0, 0.1) is 5.82 Å². The molecule has 2 N–H and O–H groups in total. The number of rotatable bonds is 3. The fourth-order valence-corrected chi connectivity index (χ4v) is 2.44. The third-order valence-corrected chi connectivity index (χ3v) is 3.50. The fourth-order valence-electron chi connectivity index (χ4n) is 1.72. The smallest absolute Gasteiger partial charge is 0.338 e. The van der Waals surface area contributed by atoms with Crippen LogP contribution in [0.4, 0.5) is 10.1 Å². The molecule has 20 heavy (non-hydrogen) atoms. The standard InChI is InChI=1S/C13H10FN3O2S/c14-10-5-8(1-2-11(10)15)12(18)19-7-9-6-17-3-4-20-13(17)16-9/h1-6H,7,15H2. The van der Waals surface area contributed by atoms with E-state index in [-0.39, 0.29) is 17.9 Å². The zero-order valence-corrected chi connectivity index (χ0v) is 11.1. The summed E-state index contributed by atoms with van der Waals surface area (Å²) < 4.78 is 20.2. The first kappa shape index (κ1) is 12.6. The van der Waals surface area contributed by atoms with Crippen molar-refractivity contribution in [2.75, 3.05) is 5.73 Å². The van der Waals surface area contributed by atoms with Crippen LogP contribution in [0.3, 0.4) is 0 Å². The number of esters is 1. The number of carbonyl (C=O) groups excluding carboxylic acids is 1. The SMILES string of the molecule is Nc1ccc(C(=O)OCc2cn3ccsc3n2)cc1F. The van der Waals surface area contributed by atoms with Gasteiger partial charge in [-0.3, -0.25) is 4.40 Å². The molecular formula is C13H10FN3O2S. The second kappa shape index (κ2) is 4.93. The molecule has 0 spiro atoms. The molecule has 2 heterocycles. The monoisotopic (exact) mass is 291 g/mol. The fraction of sp³-hybridized carbons (Fsp3) is 0.0769. The number of fused-ring (bicyclic) bond motifs is 1. The van der Waals surface area contributed by atoms with Gasteiger partial charge in [-0.05, 0) is 18.2 Å². The summed E-state index contributed by atoms with van der Waals surface area (Å²) in [4.78, 5) is 16.9. The molecule has 0 fully saturated rings. The van der Waals surface area contributed by atoms with E-state index in [4.69, 9.17) is 10.5 Å². The van der Waals surface area contributed by atoms with Gasteiger partial charge >= 0.3 is 5.97 Å². The molecule has 0 bridgehead atoms. The van der Waals surface area contributed by atoms with Crippen LogP contribution >= 0.6 is 11.3 Å². The van der Waals surface area contributed by atoms with Crippen molar-refractivity contribution in [3.63, 3.8) is 0 Å². The Kier molecular flexibility index (Phi) is 3.11. The predicted octanol–water partition coefficient (Wildman–Crippen LogP) is 2.47. The van der Waals surface area contributed by atoms with E-state index >= 15 is 0 Å². The molecule has 2 aromatic heterocycles. The van der Waals surface area contributed by atoms with Crippen LogP contribution in [0.1, 0.15) is 16.1 Å². The normalized spacial score (nSPS) is 10.8. The minimum Gasteiger partial charge on any atom is -0.456 e. The molecular weight excluding hydrogens is 281 g/mol. The molecule has 3 aromatic rings. The molecule has 0 amide bonds. The molecule has 0 radical (unpaired) electrons. The maximum Gasteiger partial charge on any atom is 0.338 e. The van der Waals surface area contributed by atoms with Crippen LogP contribution in [0.25, 0.3) is 4.96 Å². The number of hydrogen-bond donors (Lipinski definition) is 1. The topological polar surface area (TPSA) is 69.6 Å². The van der Waals surface area contributed by atoms with Gasteiger partial charge in [-0.1, -0.05) is 0 Å². The second-order valence-corrected chi connectivity index (χ2v) is 5.01. The second-order valence-electron chi connectivity index (χ2n) is 4.14. The Hall–Kier alpha value is -2.41. The lowest BCUT2D eigenvalue weighted by Gasteiger charge is -2.03. The zero-order valence-electron chi connectivity index (χ0n) is 10.2. The zero-order chi connectivity index (χ0) is 14.1. The van der Waals surface area contributed by atoms with Crippen LogP contribution < -0.4 is 5.73 Å². The molecule has 1 aromatic carbocycles. The molecule has 3 rings (SSSR count). The van der Waals surface area contributed by atoms with E-state index in [1.165, 1.54) is 23.5 Å². The Morgan fingerprint density at radius 2 is 2.35 bits per heavy atom. The number of ether oxygens (including phenoxy) is 1. The number of aromatic nitrogens is 2. The number of thiazole rings is 1. The number of nitrogens with zero attached hydrogens (tertiary/aromatic N) is 2. The highest BCUT2D eigenvalue weighted by molar-refractivity contribution is 7.15. The summed E-state index contributed by atoms with van der Waals surface area (Å²) in [6.45, 7) is 0.0409. The van der Waals surface area contributed by atoms with Crippen molar-refractivity contribution < 1.29 is 13.9 Å². The summed E-state index contributed by atoms with van der Waals surface area (Å²) in [6, 6.07) is 3.81. The number of hydrogen-bond acceptors (Lipinski definition) is 5. The lowest BCUT2D eigenvalue weighted by atomic mass is 10.2. The first-order valence-corrected chi connectivity index (χ1v) is 6.64. The number of carbonyl (C=O) groups is 1. The number of nitrogens with two attached hydrogens (primary N) is 1. The van der Waals surface area contributed by atoms with Crippen LogP contribution in [0.15, 0.2) is 36.0 Å². The van der Waals surface area contributed by atoms with Crippen molar-refractivity contribution in [2.24, 2.45) is 0 Å². The van der Waals surface area contributed by atoms with E-state index in [1.54, 1.807) is 6.20 Å². The quantitative estimate of drug-likeness (QED) is 0.594. The Balaban J connectivity index is 1.69. The average Bonchev–Trinajstić information content (AvgIpc) is 3.00. The van der Waals surface area contributed by atoms with Gasteiger partial charge in [0.15, 0.2) is 4.96 Å². The van der Waals surface area contributed by atoms with E-state index in [2.05, 4.69) is 4.98 Å². The predicted molar refractivity (Wildman–Crippen MR) is 73.0 cm³/mol. The number of halogens is 1. The number of anilines is 1. The minimum absolute atomic E-state index is 0.00381. The van der Waals surface area contributed by atoms with Crippen LogP contribution in [0.2, 0.25) is 0 Å². The summed E-state index contributed by atoms with van der Waals surface area (Å²) in [6.07, 6.45) is 3.65.